The van der Waals surface area contributed by atoms with E-state index < -0.39 is 0 Å². The second-order valence-corrected chi connectivity index (χ2v) is 2.70. The summed E-state index contributed by atoms with van der Waals surface area (Å²) in [6.07, 6.45) is 4.21. The summed E-state index contributed by atoms with van der Waals surface area (Å²) in [5.41, 5.74) is 5.28. The van der Waals surface area contributed by atoms with Gasteiger partial charge in [0.1, 0.15) is 6.54 Å². The van der Waals surface area contributed by atoms with Crippen LogP contribution in [0.4, 0.5) is 0 Å². The Morgan fingerprint density at radius 2 is 2.46 bits per heavy atom. The number of hydrogen-bond donors (Lipinski definition) is 2. The van der Waals surface area contributed by atoms with E-state index in [0.29, 0.717) is 13.1 Å². The maximum Gasteiger partial charge on any atom is 0.241 e. The molecule has 13 heavy (non-hydrogen) atoms. The Bertz CT molecular complexity index is 245. The summed E-state index contributed by atoms with van der Waals surface area (Å²) in [6, 6.07) is 1.78. The van der Waals surface area contributed by atoms with Crippen LogP contribution >= 0.6 is 0 Å². The minimum absolute atomic E-state index is 0.0304. The third kappa shape index (κ3) is 3.71. The van der Waals surface area contributed by atoms with Crippen LogP contribution in [0.15, 0.2) is 18.5 Å². The highest BCUT2D eigenvalue weighted by atomic mass is 16.2. The minimum Gasteiger partial charge on any atom is -0.354 e. The highest BCUT2D eigenvalue weighted by Gasteiger charge is 2.00. The normalized spacial score (nSPS) is 9.92. The quantitative estimate of drug-likeness (QED) is 0.594. The molecule has 72 valence electrons. The third-order valence-electron chi connectivity index (χ3n) is 1.57. The molecule has 0 aliphatic rings. The van der Waals surface area contributed by atoms with Crippen molar-refractivity contribution in [3.05, 3.63) is 18.5 Å². The van der Waals surface area contributed by atoms with Gasteiger partial charge in [-0.2, -0.15) is 5.10 Å². The molecule has 0 bridgehead atoms. The Hall–Kier alpha value is -1.36. The molecule has 0 unspecified atom stereocenters. The number of nitrogens with one attached hydrogen (secondary N) is 1. The summed E-state index contributed by atoms with van der Waals surface area (Å²) in [7, 11) is 0. The van der Waals surface area contributed by atoms with E-state index in [-0.39, 0.29) is 12.5 Å². The van der Waals surface area contributed by atoms with Crippen LogP contribution in [0.2, 0.25) is 0 Å². The number of rotatable bonds is 5. The molecule has 0 aliphatic heterocycles. The molecule has 1 aromatic heterocycles. The largest absolute Gasteiger partial charge is 0.354 e. The summed E-state index contributed by atoms with van der Waals surface area (Å²) in [6.45, 7) is 1.51. The Morgan fingerprint density at radius 1 is 1.62 bits per heavy atom. The summed E-state index contributed by atoms with van der Waals surface area (Å²) >= 11 is 0. The highest BCUT2D eigenvalue weighted by molar-refractivity contribution is 5.75. The van der Waals surface area contributed by atoms with Crippen molar-refractivity contribution in [3.8, 4) is 0 Å². The molecule has 0 saturated carbocycles. The SMILES string of the molecule is NCCCNC(=O)Cn1cccn1. The lowest BCUT2D eigenvalue weighted by Gasteiger charge is -2.03. The van der Waals surface area contributed by atoms with Crippen LogP contribution in [0.1, 0.15) is 6.42 Å². The average molecular weight is 182 g/mol. The van der Waals surface area contributed by atoms with Crippen LogP contribution in [-0.2, 0) is 11.3 Å². The van der Waals surface area contributed by atoms with Crippen LogP contribution in [0.3, 0.4) is 0 Å². The molecule has 0 fully saturated rings. The van der Waals surface area contributed by atoms with Gasteiger partial charge in [-0.3, -0.25) is 9.48 Å². The molecule has 0 radical (unpaired) electrons. The predicted octanol–water partition coefficient (Wildman–Crippen LogP) is -0.652. The fourth-order valence-corrected chi connectivity index (χ4v) is 0.927. The number of nitrogens with zero attached hydrogens (tertiary/aromatic N) is 2. The Kier molecular flexibility index (Phi) is 3.98. The number of carbonyl (C=O) groups excluding carboxylic acids is 1. The van der Waals surface area contributed by atoms with Crippen molar-refractivity contribution in [1.82, 2.24) is 15.1 Å². The van der Waals surface area contributed by atoms with Gasteiger partial charge in [0.25, 0.3) is 0 Å². The van der Waals surface area contributed by atoms with Gasteiger partial charge in [0.2, 0.25) is 5.91 Å². The maximum absolute atomic E-state index is 11.2. The van der Waals surface area contributed by atoms with E-state index in [4.69, 9.17) is 5.73 Å². The molecule has 5 nitrogen and oxygen atoms in total. The molecule has 3 N–H and O–H groups in total. The number of nitrogens with two attached hydrogens (primary N) is 1. The highest BCUT2D eigenvalue weighted by Crippen LogP contribution is 1.83. The van der Waals surface area contributed by atoms with Crippen LogP contribution in [0.25, 0.3) is 0 Å². The zero-order valence-corrected chi connectivity index (χ0v) is 7.44. The van der Waals surface area contributed by atoms with E-state index in [2.05, 4.69) is 10.4 Å². The van der Waals surface area contributed by atoms with Gasteiger partial charge in [-0.25, -0.2) is 0 Å². The summed E-state index contributed by atoms with van der Waals surface area (Å²) in [5.74, 6) is -0.0304. The smallest absolute Gasteiger partial charge is 0.241 e. The first kappa shape index (κ1) is 9.73. The first-order valence-corrected chi connectivity index (χ1v) is 4.27. The number of amides is 1. The average Bonchev–Trinajstić information content (AvgIpc) is 2.57. The summed E-state index contributed by atoms with van der Waals surface area (Å²) in [4.78, 5) is 11.2. The number of aromatic nitrogens is 2. The molecule has 0 aromatic carbocycles. The molecular weight excluding hydrogens is 168 g/mol. The summed E-state index contributed by atoms with van der Waals surface area (Å²) in [5, 5.41) is 6.66. The molecule has 5 heteroatoms. The van der Waals surface area contributed by atoms with Crippen LogP contribution < -0.4 is 11.1 Å². The second kappa shape index (κ2) is 5.31. The zero-order chi connectivity index (χ0) is 9.52. The molecule has 0 spiro atoms. The molecule has 0 saturated heterocycles. The Morgan fingerprint density at radius 3 is 3.08 bits per heavy atom. The second-order valence-electron chi connectivity index (χ2n) is 2.70. The predicted molar refractivity (Wildman–Crippen MR) is 48.9 cm³/mol. The van der Waals surface area contributed by atoms with E-state index in [1.54, 1.807) is 23.1 Å². The first-order valence-electron chi connectivity index (χ1n) is 4.27. The standard InChI is InChI=1S/C8H14N4O/c9-3-1-4-10-8(13)7-12-6-2-5-11-12/h2,5-6H,1,3-4,7,9H2,(H,10,13). The fourth-order valence-electron chi connectivity index (χ4n) is 0.927. The van der Waals surface area contributed by atoms with Gasteiger partial charge < -0.3 is 11.1 Å². The lowest BCUT2D eigenvalue weighted by Crippen LogP contribution is -2.29. The number of carbonyl (C=O) groups is 1. The molecular formula is C8H14N4O. The van der Waals surface area contributed by atoms with Crippen molar-refractivity contribution in [2.45, 2.75) is 13.0 Å². The van der Waals surface area contributed by atoms with E-state index in [1.165, 1.54) is 0 Å². The molecule has 0 aliphatic carbocycles. The molecule has 1 rings (SSSR count). The van der Waals surface area contributed by atoms with E-state index in [9.17, 15) is 4.79 Å². The van der Waals surface area contributed by atoms with E-state index in [0.717, 1.165) is 6.42 Å². The van der Waals surface area contributed by atoms with Gasteiger partial charge in [-0.05, 0) is 19.0 Å². The van der Waals surface area contributed by atoms with Gasteiger partial charge in [0.15, 0.2) is 0 Å². The van der Waals surface area contributed by atoms with Crippen molar-refractivity contribution in [2.24, 2.45) is 5.73 Å². The van der Waals surface area contributed by atoms with Gasteiger partial charge in [0, 0.05) is 18.9 Å². The monoisotopic (exact) mass is 182 g/mol. The fraction of sp³-hybridized carbons (Fsp3) is 0.500. The summed E-state index contributed by atoms with van der Waals surface area (Å²) < 4.78 is 1.58. The van der Waals surface area contributed by atoms with E-state index >= 15 is 0 Å². The van der Waals surface area contributed by atoms with Gasteiger partial charge in [0.05, 0.1) is 0 Å². The lowest BCUT2D eigenvalue weighted by atomic mass is 10.4. The van der Waals surface area contributed by atoms with Crippen molar-refractivity contribution in [3.63, 3.8) is 0 Å². The minimum atomic E-state index is -0.0304. The molecule has 1 amide bonds. The van der Waals surface area contributed by atoms with Crippen molar-refractivity contribution < 1.29 is 4.79 Å². The number of hydrogen-bond acceptors (Lipinski definition) is 3. The van der Waals surface area contributed by atoms with E-state index in [1.807, 2.05) is 0 Å². The van der Waals surface area contributed by atoms with Gasteiger partial charge in [-0.1, -0.05) is 0 Å². The first-order chi connectivity index (χ1) is 6.33. The van der Waals surface area contributed by atoms with Crippen molar-refractivity contribution in [1.29, 1.82) is 0 Å². The van der Waals surface area contributed by atoms with Crippen molar-refractivity contribution >= 4 is 5.91 Å². The third-order valence-corrected chi connectivity index (χ3v) is 1.57. The van der Waals surface area contributed by atoms with Crippen molar-refractivity contribution in [2.75, 3.05) is 13.1 Å². The topological polar surface area (TPSA) is 72.9 Å². The maximum atomic E-state index is 11.2. The van der Waals surface area contributed by atoms with Crippen LogP contribution in [-0.4, -0.2) is 28.8 Å². The molecule has 1 aromatic rings. The van der Waals surface area contributed by atoms with Crippen LogP contribution in [0, 0.1) is 0 Å². The molecule has 0 atom stereocenters. The molecule has 1 heterocycles. The zero-order valence-electron chi connectivity index (χ0n) is 7.44. The Balaban J connectivity index is 2.18. The lowest BCUT2D eigenvalue weighted by molar-refractivity contribution is -0.121. The Labute approximate surface area is 76.9 Å². The van der Waals surface area contributed by atoms with Gasteiger partial charge in [-0.15, -0.1) is 0 Å². The van der Waals surface area contributed by atoms with Crippen LogP contribution in [0.5, 0.6) is 0 Å². The van der Waals surface area contributed by atoms with Gasteiger partial charge >= 0.3 is 0 Å².